The zero-order valence-corrected chi connectivity index (χ0v) is 12.9. The highest BCUT2D eigenvalue weighted by Gasteiger charge is 2.27. The first-order chi connectivity index (χ1) is 10.7. The van der Waals surface area contributed by atoms with Crippen LogP contribution in [-0.4, -0.2) is 10.8 Å². The van der Waals surface area contributed by atoms with Gasteiger partial charge in [0.25, 0.3) is 0 Å². The Morgan fingerprint density at radius 2 is 1.86 bits per heavy atom. The van der Waals surface area contributed by atoms with Crippen LogP contribution in [0.15, 0.2) is 57.8 Å². The molecule has 0 bridgehead atoms. The molecule has 108 valence electrons. The number of carbonyl (C=O) groups excluding carboxylic acids is 1. The molecule has 0 fully saturated rings. The fraction of sp³-hybridized carbons (Fsp3) is 0.0588. The van der Waals surface area contributed by atoms with E-state index >= 15 is 0 Å². The van der Waals surface area contributed by atoms with Crippen molar-refractivity contribution >= 4 is 29.1 Å². The molecule has 5 heteroatoms. The molecule has 0 N–H and O–H groups in total. The number of thioether (sulfide) groups is 1. The molecule has 1 aromatic heterocycles. The largest absolute Gasteiger partial charge is 0.439 e. The molecule has 0 saturated heterocycles. The van der Waals surface area contributed by atoms with Gasteiger partial charge in [-0.1, -0.05) is 23.7 Å². The van der Waals surface area contributed by atoms with Gasteiger partial charge in [0.2, 0.25) is 11.7 Å². The second-order valence-electron chi connectivity index (χ2n) is 4.91. The van der Waals surface area contributed by atoms with Crippen molar-refractivity contribution in [2.75, 3.05) is 0 Å². The fourth-order valence-corrected chi connectivity index (χ4v) is 3.49. The summed E-state index contributed by atoms with van der Waals surface area (Å²) in [6, 6.07) is 14.8. The van der Waals surface area contributed by atoms with Gasteiger partial charge in [-0.15, -0.1) is 11.8 Å². The van der Waals surface area contributed by atoms with Gasteiger partial charge in [0.05, 0.1) is 5.75 Å². The Hall–Kier alpha value is -2.04. The summed E-state index contributed by atoms with van der Waals surface area (Å²) in [4.78, 5) is 18.1. The molecule has 1 aliphatic rings. The number of nitrogens with zero attached hydrogens (tertiary/aromatic N) is 1. The molecule has 3 nitrogen and oxygen atoms in total. The van der Waals surface area contributed by atoms with E-state index in [1.165, 1.54) is 0 Å². The van der Waals surface area contributed by atoms with Gasteiger partial charge < -0.3 is 4.42 Å². The van der Waals surface area contributed by atoms with Gasteiger partial charge in [-0.25, -0.2) is 4.98 Å². The number of hydrogen-bond donors (Lipinski definition) is 0. The minimum absolute atomic E-state index is 0.0837. The van der Waals surface area contributed by atoms with Crippen LogP contribution >= 0.6 is 23.4 Å². The van der Waals surface area contributed by atoms with Crippen LogP contribution in [0.25, 0.3) is 11.5 Å². The standard InChI is InChI=1S/C17H10ClNO2S/c18-11-7-5-10(6-8-11)17-19-15-13(21-17)9-22-14-4-2-1-3-12(14)16(15)20/h1-8H,9H2. The van der Waals surface area contributed by atoms with Crippen molar-refractivity contribution in [3.8, 4) is 11.5 Å². The van der Waals surface area contributed by atoms with Crippen molar-refractivity contribution in [3.05, 3.63) is 70.6 Å². The van der Waals surface area contributed by atoms with Crippen LogP contribution in [0.3, 0.4) is 0 Å². The van der Waals surface area contributed by atoms with E-state index in [-0.39, 0.29) is 5.78 Å². The van der Waals surface area contributed by atoms with Gasteiger partial charge in [0.15, 0.2) is 5.69 Å². The molecular weight excluding hydrogens is 318 g/mol. The van der Waals surface area contributed by atoms with Crippen molar-refractivity contribution in [1.29, 1.82) is 0 Å². The maximum absolute atomic E-state index is 12.7. The molecule has 0 radical (unpaired) electrons. The molecule has 2 aromatic carbocycles. The predicted octanol–water partition coefficient (Wildman–Crippen LogP) is 4.83. The third-order valence-electron chi connectivity index (χ3n) is 3.49. The minimum atomic E-state index is -0.0837. The van der Waals surface area contributed by atoms with Crippen LogP contribution in [0, 0.1) is 0 Å². The normalized spacial score (nSPS) is 13.4. The monoisotopic (exact) mass is 327 g/mol. The Bertz CT molecular complexity index is 871. The molecule has 0 atom stereocenters. The van der Waals surface area contributed by atoms with Gasteiger partial charge >= 0.3 is 0 Å². The zero-order valence-electron chi connectivity index (χ0n) is 11.4. The average Bonchev–Trinajstić information content (AvgIpc) is 2.92. The number of oxazole rings is 1. The summed E-state index contributed by atoms with van der Waals surface area (Å²) in [6.45, 7) is 0. The molecular formula is C17H10ClNO2S. The van der Waals surface area contributed by atoms with Crippen molar-refractivity contribution in [1.82, 2.24) is 4.98 Å². The topological polar surface area (TPSA) is 43.1 Å². The number of benzene rings is 2. The Labute approximate surface area is 136 Å². The van der Waals surface area contributed by atoms with Crippen LogP contribution in [0.5, 0.6) is 0 Å². The van der Waals surface area contributed by atoms with E-state index in [0.29, 0.717) is 33.7 Å². The molecule has 0 spiro atoms. The second-order valence-corrected chi connectivity index (χ2v) is 6.37. The lowest BCUT2D eigenvalue weighted by Crippen LogP contribution is -2.03. The molecule has 0 unspecified atom stereocenters. The summed E-state index contributed by atoms with van der Waals surface area (Å²) >= 11 is 7.48. The Morgan fingerprint density at radius 1 is 1.09 bits per heavy atom. The van der Waals surface area contributed by atoms with Crippen LogP contribution in [0.4, 0.5) is 0 Å². The van der Waals surface area contributed by atoms with Gasteiger partial charge in [0, 0.05) is 21.0 Å². The Kier molecular flexibility index (Phi) is 3.28. The molecule has 22 heavy (non-hydrogen) atoms. The number of hydrogen-bond acceptors (Lipinski definition) is 4. The van der Waals surface area contributed by atoms with Gasteiger partial charge in [-0.2, -0.15) is 0 Å². The number of halogens is 1. The van der Waals surface area contributed by atoms with Gasteiger partial charge in [-0.05, 0) is 36.4 Å². The van der Waals surface area contributed by atoms with E-state index in [2.05, 4.69) is 4.98 Å². The van der Waals surface area contributed by atoms with Crippen LogP contribution in [0.2, 0.25) is 5.02 Å². The minimum Gasteiger partial charge on any atom is -0.439 e. The van der Waals surface area contributed by atoms with E-state index in [0.717, 1.165) is 10.5 Å². The highest BCUT2D eigenvalue weighted by Crippen LogP contribution is 2.35. The molecule has 4 rings (SSSR count). The lowest BCUT2D eigenvalue weighted by molar-refractivity contribution is 0.103. The zero-order chi connectivity index (χ0) is 15.1. The number of ketones is 1. The number of carbonyl (C=O) groups is 1. The third kappa shape index (κ3) is 2.25. The van der Waals surface area contributed by atoms with Crippen LogP contribution < -0.4 is 0 Å². The van der Waals surface area contributed by atoms with E-state index in [4.69, 9.17) is 16.0 Å². The van der Waals surface area contributed by atoms with E-state index in [9.17, 15) is 4.79 Å². The van der Waals surface area contributed by atoms with Gasteiger partial charge in [0.1, 0.15) is 5.76 Å². The van der Waals surface area contributed by atoms with E-state index in [1.54, 1.807) is 23.9 Å². The Balaban J connectivity index is 1.80. The molecule has 0 aliphatic carbocycles. The highest BCUT2D eigenvalue weighted by atomic mass is 35.5. The number of aromatic nitrogens is 1. The molecule has 1 aliphatic heterocycles. The summed E-state index contributed by atoms with van der Waals surface area (Å²) in [5.74, 6) is 1.59. The SMILES string of the molecule is O=C1c2ccccc2SCc2oc(-c3ccc(Cl)cc3)nc21. The summed E-state index contributed by atoms with van der Waals surface area (Å²) in [6.07, 6.45) is 0. The quantitative estimate of drug-likeness (QED) is 0.642. The van der Waals surface area contributed by atoms with Crippen molar-refractivity contribution in [3.63, 3.8) is 0 Å². The average molecular weight is 328 g/mol. The van der Waals surface area contributed by atoms with Crippen LogP contribution in [0.1, 0.15) is 21.8 Å². The van der Waals surface area contributed by atoms with Crippen LogP contribution in [-0.2, 0) is 5.75 Å². The maximum Gasteiger partial charge on any atom is 0.227 e. The van der Waals surface area contributed by atoms with Crippen molar-refractivity contribution < 1.29 is 9.21 Å². The number of fused-ring (bicyclic) bond motifs is 2. The van der Waals surface area contributed by atoms with E-state index in [1.807, 2.05) is 36.4 Å². The first-order valence-corrected chi connectivity index (χ1v) is 8.11. The smallest absolute Gasteiger partial charge is 0.227 e. The lowest BCUT2D eigenvalue weighted by atomic mass is 10.1. The lowest BCUT2D eigenvalue weighted by Gasteiger charge is -2.02. The summed E-state index contributed by atoms with van der Waals surface area (Å²) in [7, 11) is 0. The summed E-state index contributed by atoms with van der Waals surface area (Å²) in [5.41, 5.74) is 1.90. The van der Waals surface area contributed by atoms with Gasteiger partial charge in [-0.3, -0.25) is 4.79 Å². The summed E-state index contributed by atoms with van der Waals surface area (Å²) in [5, 5.41) is 0.650. The van der Waals surface area contributed by atoms with Crippen molar-refractivity contribution in [2.24, 2.45) is 0 Å². The Morgan fingerprint density at radius 3 is 2.68 bits per heavy atom. The first-order valence-electron chi connectivity index (χ1n) is 6.74. The molecule has 3 aromatic rings. The second kappa shape index (κ2) is 5.30. The molecule has 0 saturated carbocycles. The highest BCUT2D eigenvalue weighted by molar-refractivity contribution is 7.98. The molecule has 2 heterocycles. The maximum atomic E-state index is 12.7. The number of rotatable bonds is 1. The first kappa shape index (κ1) is 13.6. The summed E-state index contributed by atoms with van der Waals surface area (Å²) < 4.78 is 5.82. The fourth-order valence-electron chi connectivity index (χ4n) is 2.39. The molecule has 0 amide bonds. The predicted molar refractivity (Wildman–Crippen MR) is 86.4 cm³/mol. The van der Waals surface area contributed by atoms with Crippen molar-refractivity contribution in [2.45, 2.75) is 10.6 Å². The third-order valence-corrected chi connectivity index (χ3v) is 4.82. The van der Waals surface area contributed by atoms with E-state index < -0.39 is 0 Å².